The lowest BCUT2D eigenvalue weighted by Gasteiger charge is -2.08. The molecule has 0 unspecified atom stereocenters. The third kappa shape index (κ3) is 11.1. The van der Waals surface area contributed by atoms with Crippen LogP contribution < -0.4 is 0 Å². The van der Waals surface area contributed by atoms with Gasteiger partial charge in [-0.15, -0.1) is 0 Å². The van der Waals surface area contributed by atoms with E-state index in [1.807, 2.05) is 0 Å². The number of Topliss-reactive ketones (excluding diaryl/α,β-unsaturated/α-hetero) is 1. The monoisotopic (exact) mass is 270 g/mol. The van der Waals surface area contributed by atoms with Gasteiger partial charge in [-0.1, -0.05) is 6.42 Å². The lowest BCUT2D eigenvalue weighted by atomic mass is 10.00. The maximum Gasteiger partial charge on any atom is 0.132 e. The molecule has 0 amide bonds. The Kier molecular flexibility index (Phi) is 11.1. The molecule has 0 bridgehead atoms. The Morgan fingerprint density at radius 3 is 1.05 bits per heavy atom. The molecule has 0 atom stereocenters. The summed E-state index contributed by atoms with van der Waals surface area (Å²) >= 11 is 0. The highest BCUT2D eigenvalue weighted by atomic mass is 16.5. The van der Waals surface area contributed by atoms with Crippen LogP contribution in [0.3, 0.4) is 0 Å². The molecule has 1 saturated carbocycles. The Bertz CT molecular complexity index is 165. The summed E-state index contributed by atoms with van der Waals surface area (Å²) in [7, 11) is 0. The summed E-state index contributed by atoms with van der Waals surface area (Å²) in [6, 6.07) is 0. The van der Waals surface area contributed by atoms with Crippen LogP contribution in [0, 0.1) is 0 Å². The highest BCUT2D eigenvalue weighted by Gasteiger charge is 2.06. The molecule has 3 heteroatoms. The van der Waals surface area contributed by atoms with Crippen molar-refractivity contribution in [2.24, 2.45) is 0 Å². The van der Waals surface area contributed by atoms with Gasteiger partial charge in [-0.2, -0.15) is 0 Å². The van der Waals surface area contributed by atoms with Crippen molar-refractivity contribution in [3.05, 3.63) is 0 Å². The highest BCUT2D eigenvalue weighted by molar-refractivity contribution is 5.78. The molecular formula is C16H30O3. The van der Waals surface area contributed by atoms with Gasteiger partial charge in [-0.25, -0.2) is 0 Å². The standard InChI is InChI=1S/C6H10O.2C5H10O/c7-6-4-2-1-3-5-6;2*1-2-4-6-5-3-1/h1-5H2;2*1-5H2. The normalized spacial score (nSPS) is 23.5. The number of hydrogen-bond donors (Lipinski definition) is 0. The van der Waals surface area contributed by atoms with E-state index in [-0.39, 0.29) is 0 Å². The minimum atomic E-state index is 0.464. The predicted molar refractivity (Wildman–Crippen MR) is 77.4 cm³/mol. The molecule has 3 fully saturated rings. The van der Waals surface area contributed by atoms with E-state index in [9.17, 15) is 4.79 Å². The maximum atomic E-state index is 10.5. The van der Waals surface area contributed by atoms with Crippen molar-refractivity contribution in [3.8, 4) is 0 Å². The van der Waals surface area contributed by atoms with E-state index in [1.54, 1.807) is 0 Å². The number of hydrogen-bond acceptors (Lipinski definition) is 3. The topological polar surface area (TPSA) is 35.5 Å². The summed E-state index contributed by atoms with van der Waals surface area (Å²) in [5, 5.41) is 0. The van der Waals surface area contributed by atoms with Gasteiger partial charge in [-0.05, 0) is 51.4 Å². The van der Waals surface area contributed by atoms with E-state index >= 15 is 0 Å². The largest absolute Gasteiger partial charge is 0.381 e. The second-order valence-electron chi connectivity index (χ2n) is 5.45. The van der Waals surface area contributed by atoms with Gasteiger partial charge in [0.1, 0.15) is 5.78 Å². The van der Waals surface area contributed by atoms with E-state index < -0.39 is 0 Å². The fourth-order valence-electron chi connectivity index (χ4n) is 2.32. The van der Waals surface area contributed by atoms with Gasteiger partial charge < -0.3 is 9.47 Å². The van der Waals surface area contributed by atoms with Crippen LogP contribution in [-0.4, -0.2) is 32.2 Å². The van der Waals surface area contributed by atoms with Crippen molar-refractivity contribution >= 4 is 5.78 Å². The Labute approximate surface area is 118 Å². The van der Waals surface area contributed by atoms with Gasteiger partial charge in [0.05, 0.1) is 0 Å². The van der Waals surface area contributed by atoms with E-state index in [4.69, 9.17) is 9.47 Å². The smallest absolute Gasteiger partial charge is 0.132 e. The fraction of sp³-hybridized carbons (Fsp3) is 0.938. The molecule has 1 aliphatic carbocycles. The van der Waals surface area contributed by atoms with Crippen LogP contribution in [0.1, 0.15) is 70.6 Å². The molecule has 2 saturated heterocycles. The molecule has 0 aromatic carbocycles. The molecule has 3 rings (SSSR count). The van der Waals surface area contributed by atoms with E-state index in [1.165, 1.54) is 44.9 Å². The third-order valence-corrected chi connectivity index (χ3v) is 3.57. The summed E-state index contributed by atoms with van der Waals surface area (Å²) in [4.78, 5) is 10.5. The van der Waals surface area contributed by atoms with E-state index in [2.05, 4.69) is 0 Å². The third-order valence-electron chi connectivity index (χ3n) is 3.57. The van der Waals surface area contributed by atoms with Crippen LogP contribution in [0.5, 0.6) is 0 Å². The lowest BCUT2D eigenvalue weighted by Crippen LogP contribution is -2.03. The molecular weight excluding hydrogens is 240 g/mol. The highest BCUT2D eigenvalue weighted by Crippen LogP contribution is 2.12. The van der Waals surface area contributed by atoms with E-state index in [0.29, 0.717) is 5.78 Å². The molecule has 112 valence electrons. The van der Waals surface area contributed by atoms with Crippen LogP contribution in [0.25, 0.3) is 0 Å². The molecule has 0 radical (unpaired) electrons. The lowest BCUT2D eigenvalue weighted by molar-refractivity contribution is -0.120. The number of ether oxygens (including phenoxy) is 2. The second-order valence-corrected chi connectivity index (χ2v) is 5.45. The first-order valence-corrected chi connectivity index (χ1v) is 8.07. The first-order chi connectivity index (χ1) is 9.39. The van der Waals surface area contributed by atoms with E-state index in [0.717, 1.165) is 52.1 Å². The second kappa shape index (κ2) is 12.6. The zero-order valence-corrected chi connectivity index (χ0v) is 12.3. The van der Waals surface area contributed by atoms with Gasteiger partial charge in [-0.3, -0.25) is 4.79 Å². The average molecular weight is 270 g/mol. The minimum Gasteiger partial charge on any atom is -0.381 e. The molecule has 0 aromatic heterocycles. The predicted octanol–water partition coefficient (Wildman–Crippen LogP) is 3.89. The SMILES string of the molecule is C1CCOCC1.C1CCOCC1.O=C1CCCCC1. The van der Waals surface area contributed by atoms with Crippen LogP contribution >= 0.6 is 0 Å². The molecule has 0 aromatic rings. The van der Waals surface area contributed by atoms with Crippen molar-refractivity contribution in [1.82, 2.24) is 0 Å². The van der Waals surface area contributed by atoms with Gasteiger partial charge in [0.15, 0.2) is 0 Å². The maximum absolute atomic E-state index is 10.5. The molecule has 2 aliphatic heterocycles. The average Bonchev–Trinajstić information content (AvgIpc) is 2.53. The van der Waals surface area contributed by atoms with Crippen molar-refractivity contribution in [2.45, 2.75) is 70.6 Å². The first kappa shape index (κ1) is 16.6. The van der Waals surface area contributed by atoms with Crippen molar-refractivity contribution in [2.75, 3.05) is 26.4 Å². The van der Waals surface area contributed by atoms with Gasteiger partial charge in [0.25, 0.3) is 0 Å². The number of rotatable bonds is 0. The number of carbonyl (C=O) groups is 1. The number of ketones is 1. The Balaban J connectivity index is 0.000000143. The van der Waals surface area contributed by atoms with Crippen LogP contribution in [0.4, 0.5) is 0 Å². The molecule has 2 heterocycles. The zero-order valence-electron chi connectivity index (χ0n) is 12.3. The molecule has 3 aliphatic rings. The van der Waals surface area contributed by atoms with Gasteiger partial charge >= 0.3 is 0 Å². The summed E-state index contributed by atoms with van der Waals surface area (Å²) in [6.45, 7) is 4.00. The summed E-state index contributed by atoms with van der Waals surface area (Å²) in [5.74, 6) is 0.464. The molecule has 0 spiro atoms. The van der Waals surface area contributed by atoms with Crippen molar-refractivity contribution < 1.29 is 14.3 Å². The Morgan fingerprint density at radius 2 is 0.895 bits per heavy atom. The zero-order chi connectivity index (χ0) is 13.6. The Hall–Kier alpha value is -0.410. The van der Waals surface area contributed by atoms with Gasteiger partial charge in [0, 0.05) is 39.3 Å². The van der Waals surface area contributed by atoms with Crippen LogP contribution in [0.15, 0.2) is 0 Å². The molecule has 19 heavy (non-hydrogen) atoms. The minimum absolute atomic E-state index is 0.464. The molecule has 0 N–H and O–H groups in total. The Morgan fingerprint density at radius 1 is 0.526 bits per heavy atom. The first-order valence-electron chi connectivity index (χ1n) is 8.07. The van der Waals surface area contributed by atoms with Crippen LogP contribution in [0.2, 0.25) is 0 Å². The fourth-order valence-corrected chi connectivity index (χ4v) is 2.32. The van der Waals surface area contributed by atoms with Crippen molar-refractivity contribution in [1.29, 1.82) is 0 Å². The summed E-state index contributed by atoms with van der Waals surface area (Å²) in [6.07, 6.45) is 13.1. The molecule has 3 nitrogen and oxygen atoms in total. The summed E-state index contributed by atoms with van der Waals surface area (Å²) in [5.41, 5.74) is 0. The number of carbonyl (C=O) groups excluding carboxylic acids is 1. The quantitative estimate of drug-likeness (QED) is 0.670. The summed E-state index contributed by atoms with van der Waals surface area (Å²) < 4.78 is 10.1. The van der Waals surface area contributed by atoms with Crippen molar-refractivity contribution in [3.63, 3.8) is 0 Å². The van der Waals surface area contributed by atoms with Gasteiger partial charge in [0.2, 0.25) is 0 Å². The van der Waals surface area contributed by atoms with Crippen LogP contribution in [-0.2, 0) is 14.3 Å².